The van der Waals surface area contributed by atoms with E-state index in [1.54, 1.807) is 0 Å². The van der Waals surface area contributed by atoms with Gasteiger partial charge >= 0.3 is 0 Å². The molecule has 0 unspecified atom stereocenters. The molecule has 178 valence electrons. The molecule has 3 aromatic carbocycles. The molecule has 1 saturated heterocycles. The van der Waals surface area contributed by atoms with Crippen LogP contribution in [0.3, 0.4) is 0 Å². The molecule has 0 spiro atoms. The van der Waals surface area contributed by atoms with Crippen molar-refractivity contribution in [3.63, 3.8) is 0 Å². The average Bonchev–Trinajstić information content (AvgIpc) is 3.32. The predicted molar refractivity (Wildman–Crippen MR) is 143 cm³/mol. The Labute approximate surface area is 214 Å². The van der Waals surface area contributed by atoms with Gasteiger partial charge in [0, 0.05) is 43.1 Å². The minimum atomic E-state index is 0.112. The second kappa shape index (κ2) is 10.5. The van der Waals surface area contributed by atoms with Gasteiger partial charge in [0.2, 0.25) is 5.91 Å². The van der Waals surface area contributed by atoms with Crippen LogP contribution in [0.5, 0.6) is 0 Å². The zero-order valence-corrected chi connectivity index (χ0v) is 21.0. The summed E-state index contributed by atoms with van der Waals surface area (Å²) in [6, 6.07) is 25.9. The van der Waals surface area contributed by atoms with Crippen molar-refractivity contribution in [1.29, 1.82) is 0 Å². The SMILES string of the molecule is Cc1ccccc1N1CCN(C(=O)CSc2nnc(-c3ccccc3Cl)n2-c2ccccc2)CC1. The Morgan fingerprint density at radius 1 is 0.886 bits per heavy atom. The molecule has 1 amide bonds. The van der Waals surface area contributed by atoms with Crippen LogP contribution in [-0.2, 0) is 4.79 Å². The highest BCUT2D eigenvalue weighted by Crippen LogP contribution is 2.32. The third-order valence-electron chi connectivity index (χ3n) is 6.18. The highest BCUT2D eigenvalue weighted by atomic mass is 35.5. The summed E-state index contributed by atoms with van der Waals surface area (Å²) in [5.74, 6) is 1.07. The Kier molecular flexibility index (Phi) is 7.06. The number of hydrogen-bond donors (Lipinski definition) is 0. The van der Waals surface area contributed by atoms with E-state index in [1.165, 1.54) is 23.0 Å². The van der Waals surface area contributed by atoms with Gasteiger partial charge in [-0.15, -0.1) is 10.2 Å². The number of carbonyl (C=O) groups excluding carboxylic acids is 1. The van der Waals surface area contributed by atoms with Crippen LogP contribution >= 0.6 is 23.4 Å². The summed E-state index contributed by atoms with van der Waals surface area (Å²) in [4.78, 5) is 17.4. The first-order valence-electron chi connectivity index (χ1n) is 11.6. The van der Waals surface area contributed by atoms with Crippen molar-refractivity contribution >= 4 is 35.0 Å². The molecule has 5 rings (SSSR count). The lowest BCUT2D eigenvalue weighted by atomic mass is 10.1. The summed E-state index contributed by atoms with van der Waals surface area (Å²) in [5, 5.41) is 10.1. The predicted octanol–water partition coefficient (Wildman–Crippen LogP) is 5.34. The van der Waals surface area contributed by atoms with Crippen molar-refractivity contribution in [3.05, 3.63) is 89.4 Å². The van der Waals surface area contributed by atoms with Crippen molar-refractivity contribution in [2.24, 2.45) is 0 Å². The molecule has 1 aliphatic rings. The maximum absolute atomic E-state index is 13.1. The maximum Gasteiger partial charge on any atom is 0.233 e. The van der Waals surface area contributed by atoms with E-state index in [9.17, 15) is 4.79 Å². The minimum absolute atomic E-state index is 0.112. The zero-order valence-electron chi connectivity index (χ0n) is 19.5. The lowest BCUT2D eigenvalue weighted by Crippen LogP contribution is -2.49. The lowest BCUT2D eigenvalue weighted by Gasteiger charge is -2.36. The van der Waals surface area contributed by atoms with Crippen LogP contribution in [0.1, 0.15) is 5.56 Å². The number of aromatic nitrogens is 3. The van der Waals surface area contributed by atoms with Gasteiger partial charge in [-0.1, -0.05) is 71.9 Å². The third kappa shape index (κ3) is 5.06. The lowest BCUT2D eigenvalue weighted by molar-refractivity contribution is -0.128. The molecule has 1 aromatic heterocycles. The molecular formula is C27H26ClN5OS. The Morgan fingerprint density at radius 3 is 2.31 bits per heavy atom. The topological polar surface area (TPSA) is 54.3 Å². The highest BCUT2D eigenvalue weighted by molar-refractivity contribution is 7.99. The number of halogens is 1. The normalized spacial score (nSPS) is 13.8. The first-order valence-corrected chi connectivity index (χ1v) is 12.9. The van der Waals surface area contributed by atoms with Crippen molar-refractivity contribution < 1.29 is 4.79 Å². The van der Waals surface area contributed by atoms with Gasteiger partial charge in [0.05, 0.1) is 10.8 Å². The van der Waals surface area contributed by atoms with Gasteiger partial charge < -0.3 is 9.80 Å². The van der Waals surface area contributed by atoms with Crippen LogP contribution in [0.2, 0.25) is 5.02 Å². The number of para-hydroxylation sites is 2. The number of thioether (sulfide) groups is 1. The average molecular weight is 504 g/mol. The van der Waals surface area contributed by atoms with Gasteiger partial charge in [-0.05, 0) is 42.8 Å². The van der Waals surface area contributed by atoms with E-state index in [-0.39, 0.29) is 5.91 Å². The van der Waals surface area contributed by atoms with Crippen LogP contribution in [0, 0.1) is 6.92 Å². The van der Waals surface area contributed by atoms with Crippen LogP contribution in [0.4, 0.5) is 5.69 Å². The summed E-state index contributed by atoms with van der Waals surface area (Å²) >= 11 is 7.88. The van der Waals surface area contributed by atoms with Crippen LogP contribution in [0.15, 0.2) is 84.0 Å². The number of nitrogens with zero attached hydrogens (tertiary/aromatic N) is 5. The number of rotatable bonds is 6. The summed E-state index contributed by atoms with van der Waals surface area (Å²) < 4.78 is 1.97. The molecule has 4 aromatic rings. The van der Waals surface area contributed by atoms with Crippen LogP contribution in [-0.4, -0.2) is 57.5 Å². The van der Waals surface area contributed by atoms with Gasteiger partial charge in [0.25, 0.3) is 0 Å². The first-order chi connectivity index (χ1) is 17.1. The monoisotopic (exact) mass is 503 g/mol. The number of hydrogen-bond acceptors (Lipinski definition) is 5. The van der Waals surface area contributed by atoms with E-state index in [0.717, 1.165) is 24.3 Å². The standard InChI is InChI=1S/C27H26ClN5OS/c1-20-9-5-8-14-24(20)31-15-17-32(18-16-31)25(34)19-35-27-30-29-26(22-12-6-7-13-23(22)28)33(27)21-10-3-2-4-11-21/h2-14H,15-19H2,1H3. The molecular weight excluding hydrogens is 478 g/mol. The van der Waals surface area contributed by atoms with Crippen molar-refractivity contribution in [1.82, 2.24) is 19.7 Å². The van der Waals surface area contributed by atoms with E-state index in [0.29, 0.717) is 34.8 Å². The van der Waals surface area contributed by atoms with E-state index >= 15 is 0 Å². The van der Waals surface area contributed by atoms with E-state index < -0.39 is 0 Å². The Hall–Kier alpha value is -3.29. The highest BCUT2D eigenvalue weighted by Gasteiger charge is 2.24. The number of amides is 1. The number of benzene rings is 3. The van der Waals surface area contributed by atoms with E-state index in [1.807, 2.05) is 64.1 Å². The van der Waals surface area contributed by atoms with Crippen molar-refractivity contribution in [2.45, 2.75) is 12.1 Å². The summed E-state index contributed by atoms with van der Waals surface area (Å²) in [5.41, 5.74) is 4.24. The fourth-order valence-corrected chi connectivity index (χ4v) is 5.40. The van der Waals surface area contributed by atoms with Crippen molar-refractivity contribution in [3.8, 4) is 17.1 Å². The molecule has 0 radical (unpaired) electrons. The van der Waals surface area contributed by atoms with Crippen LogP contribution in [0.25, 0.3) is 17.1 Å². The second-order valence-electron chi connectivity index (χ2n) is 8.40. The molecule has 1 fully saturated rings. The van der Waals surface area contributed by atoms with Crippen molar-refractivity contribution in [2.75, 3.05) is 36.8 Å². The maximum atomic E-state index is 13.1. The number of carbonyl (C=O) groups is 1. The summed E-state index contributed by atoms with van der Waals surface area (Å²) in [7, 11) is 0. The molecule has 0 saturated carbocycles. The summed E-state index contributed by atoms with van der Waals surface area (Å²) in [6.45, 7) is 5.22. The smallest absolute Gasteiger partial charge is 0.233 e. The number of piperazine rings is 1. The van der Waals surface area contributed by atoms with Gasteiger partial charge in [0.15, 0.2) is 11.0 Å². The molecule has 2 heterocycles. The molecule has 0 aliphatic carbocycles. The Morgan fingerprint density at radius 2 is 1.57 bits per heavy atom. The van der Waals surface area contributed by atoms with Gasteiger partial charge in [-0.3, -0.25) is 9.36 Å². The zero-order chi connectivity index (χ0) is 24.2. The van der Waals surface area contributed by atoms with Gasteiger partial charge in [-0.25, -0.2) is 0 Å². The molecule has 0 atom stereocenters. The Balaban J connectivity index is 1.30. The first kappa shape index (κ1) is 23.5. The molecule has 0 bridgehead atoms. The summed E-state index contributed by atoms with van der Waals surface area (Å²) in [6.07, 6.45) is 0. The van der Waals surface area contributed by atoms with Crippen LogP contribution < -0.4 is 4.90 Å². The molecule has 35 heavy (non-hydrogen) atoms. The molecule has 0 N–H and O–H groups in total. The fraction of sp³-hybridized carbons (Fsp3) is 0.222. The Bertz CT molecular complexity index is 1320. The molecule has 8 heteroatoms. The number of aryl methyl sites for hydroxylation is 1. The minimum Gasteiger partial charge on any atom is -0.368 e. The largest absolute Gasteiger partial charge is 0.368 e. The molecule has 6 nitrogen and oxygen atoms in total. The quantitative estimate of drug-likeness (QED) is 0.332. The van der Waals surface area contributed by atoms with Gasteiger partial charge in [0.1, 0.15) is 0 Å². The van der Waals surface area contributed by atoms with Gasteiger partial charge in [-0.2, -0.15) is 0 Å². The number of anilines is 1. The van der Waals surface area contributed by atoms with E-state index in [2.05, 4.69) is 46.3 Å². The fourth-order valence-electron chi connectivity index (χ4n) is 4.32. The second-order valence-corrected chi connectivity index (χ2v) is 9.75. The third-order valence-corrected chi connectivity index (χ3v) is 7.42. The van der Waals surface area contributed by atoms with E-state index in [4.69, 9.17) is 11.6 Å². The molecule has 1 aliphatic heterocycles.